The van der Waals surface area contributed by atoms with Gasteiger partial charge < -0.3 is 14.9 Å². The normalized spacial score (nSPS) is 17.2. The molecule has 1 aromatic carbocycles. The van der Waals surface area contributed by atoms with Crippen molar-refractivity contribution in [3.63, 3.8) is 0 Å². The summed E-state index contributed by atoms with van der Waals surface area (Å²) in [6.07, 6.45) is 8.11. The highest BCUT2D eigenvalue weighted by atomic mass is 79.9. The second-order valence-corrected chi connectivity index (χ2v) is 6.12. The van der Waals surface area contributed by atoms with Crippen LogP contribution in [-0.2, 0) is 0 Å². The lowest BCUT2D eigenvalue weighted by atomic mass is 9.83. The largest absolute Gasteiger partial charge is 0.503 e. The average Bonchev–Trinajstić information content (AvgIpc) is 2.49. The van der Waals surface area contributed by atoms with E-state index in [1.165, 1.54) is 26.4 Å². The van der Waals surface area contributed by atoms with Gasteiger partial charge in [-0.05, 0) is 58.0 Å². The number of phenols is 1. The zero-order chi connectivity index (χ0) is 14.5. The summed E-state index contributed by atoms with van der Waals surface area (Å²) >= 11 is 3.32. The van der Waals surface area contributed by atoms with Crippen molar-refractivity contribution < 1.29 is 14.9 Å². The molecule has 0 radical (unpaired) electrons. The highest BCUT2D eigenvalue weighted by Gasteiger charge is 2.17. The van der Waals surface area contributed by atoms with Gasteiger partial charge in [0.1, 0.15) is 0 Å². The average molecular weight is 341 g/mol. The van der Waals surface area contributed by atoms with Crippen LogP contribution in [0.2, 0.25) is 0 Å². The molecule has 2 N–H and O–H groups in total. The van der Waals surface area contributed by atoms with Gasteiger partial charge in [-0.25, -0.2) is 0 Å². The van der Waals surface area contributed by atoms with Crippen LogP contribution < -0.4 is 4.74 Å². The molecule has 1 fully saturated rings. The molecule has 1 aliphatic rings. The highest BCUT2D eigenvalue weighted by Crippen LogP contribution is 2.37. The molecule has 1 saturated carbocycles. The van der Waals surface area contributed by atoms with Crippen LogP contribution in [0.4, 0.5) is 0 Å². The summed E-state index contributed by atoms with van der Waals surface area (Å²) in [6.45, 7) is 0.0888. The van der Waals surface area contributed by atoms with E-state index in [1.807, 2.05) is 12.1 Å². The van der Waals surface area contributed by atoms with Crippen LogP contribution >= 0.6 is 15.9 Å². The number of ether oxygens (including phenoxy) is 1. The van der Waals surface area contributed by atoms with Crippen molar-refractivity contribution in [3.05, 3.63) is 27.7 Å². The summed E-state index contributed by atoms with van der Waals surface area (Å²) in [4.78, 5) is 0. The van der Waals surface area contributed by atoms with Crippen LogP contribution in [0, 0.1) is 5.92 Å². The molecule has 0 saturated heterocycles. The number of benzene rings is 1. The van der Waals surface area contributed by atoms with E-state index in [-0.39, 0.29) is 12.4 Å². The molecule has 2 rings (SSSR count). The second kappa shape index (κ2) is 7.14. The molecular weight excluding hydrogens is 320 g/mol. The first-order valence-corrected chi connectivity index (χ1v) is 7.82. The highest BCUT2D eigenvalue weighted by molar-refractivity contribution is 9.10. The van der Waals surface area contributed by atoms with Crippen molar-refractivity contribution in [2.45, 2.75) is 32.1 Å². The number of phenolic OH excluding ortho intramolecular Hbond substituents is 1. The van der Waals surface area contributed by atoms with E-state index in [0.717, 1.165) is 24.0 Å². The Labute approximate surface area is 128 Å². The van der Waals surface area contributed by atoms with E-state index >= 15 is 0 Å². The number of rotatable bonds is 4. The first-order valence-electron chi connectivity index (χ1n) is 7.03. The number of hydrogen-bond donors (Lipinski definition) is 2. The van der Waals surface area contributed by atoms with Crippen molar-refractivity contribution in [1.29, 1.82) is 0 Å². The fraction of sp³-hybridized carbons (Fsp3) is 0.500. The maximum absolute atomic E-state index is 9.82. The van der Waals surface area contributed by atoms with Crippen LogP contribution in [0.25, 0.3) is 6.08 Å². The minimum Gasteiger partial charge on any atom is -0.503 e. The maximum Gasteiger partial charge on any atom is 0.172 e. The van der Waals surface area contributed by atoms with Gasteiger partial charge in [0, 0.05) is 0 Å². The van der Waals surface area contributed by atoms with Crippen molar-refractivity contribution in [3.8, 4) is 11.5 Å². The van der Waals surface area contributed by atoms with Gasteiger partial charge in [0.2, 0.25) is 0 Å². The molecule has 4 heteroatoms. The Morgan fingerprint density at radius 3 is 2.65 bits per heavy atom. The molecule has 0 spiro atoms. The molecule has 0 aromatic heterocycles. The number of halogens is 1. The molecule has 3 nitrogen and oxygen atoms in total. The predicted octanol–water partition coefficient (Wildman–Crippen LogP) is 4.12. The van der Waals surface area contributed by atoms with Gasteiger partial charge in [-0.1, -0.05) is 25.3 Å². The van der Waals surface area contributed by atoms with E-state index in [2.05, 4.69) is 15.9 Å². The van der Waals surface area contributed by atoms with Gasteiger partial charge in [0.25, 0.3) is 0 Å². The Morgan fingerprint density at radius 1 is 1.35 bits per heavy atom. The number of methoxy groups -OCH3 is 1. The summed E-state index contributed by atoms with van der Waals surface area (Å²) in [7, 11) is 1.53. The third-order valence-corrected chi connectivity index (χ3v) is 4.54. The number of aromatic hydroxyl groups is 1. The zero-order valence-corrected chi connectivity index (χ0v) is 13.3. The quantitative estimate of drug-likeness (QED) is 0.866. The Balaban J connectivity index is 2.29. The van der Waals surface area contributed by atoms with E-state index in [1.54, 1.807) is 6.07 Å². The van der Waals surface area contributed by atoms with E-state index in [9.17, 15) is 10.2 Å². The summed E-state index contributed by atoms with van der Waals surface area (Å²) in [5.41, 5.74) is 2.01. The number of aliphatic hydroxyl groups excluding tert-OH is 1. The maximum atomic E-state index is 9.82. The van der Waals surface area contributed by atoms with E-state index < -0.39 is 0 Å². The van der Waals surface area contributed by atoms with Crippen molar-refractivity contribution >= 4 is 22.0 Å². The summed E-state index contributed by atoms with van der Waals surface area (Å²) in [6, 6.07) is 3.63. The Hall–Kier alpha value is -1.00. The van der Waals surface area contributed by atoms with E-state index in [4.69, 9.17) is 4.74 Å². The number of aliphatic hydroxyl groups is 1. The molecule has 20 heavy (non-hydrogen) atoms. The minimum atomic E-state index is 0.0888. The van der Waals surface area contributed by atoms with Crippen LogP contribution in [0.1, 0.15) is 37.7 Å². The SMILES string of the molecule is COc1cc(/C=C(/CO)C2CCCCC2)cc(Br)c1O. The van der Waals surface area contributed by atoms with Crippen LogP contribution in [0.5, 0.6) is 11.5 Å². The van der Waals surface area contributed by atoms with Gasteiger partial charge in [0.15, 0.2) is 11.5 Å². The van der Waals surface area contributed by atoms with Gasteiger partial charge in [-0.3, -0.25) is 0 Å². The Bertz CT molecular complexity index is 491. The third kappa shape index (κ3) is 3.55. The minimum absolute atomic E-state index is 0.0888. The molecule has 1 aliphatic carbocycles. The van der Waals surface area contributed by atoms with Crippen LogP contribution in [-0.4, -0.2) is 23.9 Å². The fourth-order valence-electron chi connectivity index (χ4n) is 2.81. The summed E-state index contributed by atoms with van der Waals surface area (Å²) in [5, 5.41) is 19.4. The van der Waals surface area contributed by atoms with Crippen molar-refractivity contribution in [2.75, 3.05) is 13.7 Å². The molecule has 0 atom stereocenters. The zero-order valence-electron chi connectivity index (χ0n) is 11.7. The standard InChI is InChI=1S/C16H21BrO3/c1-20-15-9-11(8-14(17)16(15)19)7-13(10-18)12-5-3-2-4-6-12/h7-9,12,18-19H,2-6,10H2,1H3/b13-7-. The molecule has 0 aliphatic heterocycles. The predicted molar refractivity (Wildman–Crippen MR) is 84.0 cm³/mol. The molecular formula is C16H21BrO3. The van der Waals surface area contributed by atoms with Crippen LogP contribution in [0.15, 0.2) is 22.2 Å². The first-order chi connectivity index (χ1) is 9.65. The van der Waals surface area contributed by atoms with Crippen LogP contribution in [0.3, 0.4) is 0 Å². The molecule has 0 bridgehead atoms. The molecule has 0 heterocycles. The molecule has 110 valence electrons. The monoisotopic (exact) mass is 340 g/mol. The first kappa shape index (κ1) is 15.4. The molecule has 1 aromatic rings. The van der Waals surface area contributed by atoms with Crippen molar-refractivity contribution in [1.82, 2.24) is 0 Å². The molecule has 0 unspecified atom stereocenters. The number of hydrogen-bond acceptors (Lipinski definition) is 3. The van der Waals surface area contributed by atoms with Crippen molar-refractivity contribution in [2.24, 2.45) is 5.92 Å². The van der Waals surface area contributed by atoms with Gasteiger partial charge in [-0.2, -0.15) is 0 Å². The Morgan fingerprint density at radius 2 is 2.05 bits per heavy atom. The van der Waals surface area contributed by atoms with Gasteiger partial charge in [-0.15, -0.1) is 0 Å². The summed E-state index contributed by atoms with van der Waals surface area (Å²) in [5.74, 6) is 1.02. The van der Waals surface area contributed by atoms with Gasteiger partial charge in [0.05, 0.1) is 18.2 Å². The smallest absolute Gasteiger partial charge is 0.172 e. The Kier molecular flexibility index (Phi) is 5.49. The third-order valence-electron chi connectivity index (χ3n) is 3.93. The summed E-state index contributed by atoms with van der Waals surface area (Å²) < 4.78 is 5.76. The lowest BCUT2D eigenvalue weighted by Gasteiger charge is -2.23. The topological polar surface area (TPSA) is 49.7 Å². The van der Waals surface area contributed by atoms with E-state index in [0.29, 0.717) is 16.1 Å². The van der Waals surface area contributed by atoms with Gasteiger partial charge >= 0.3 is 0 Å². The second-order valence-electron chi connectivity index (χ2n) is 5.27. The lowest BCUT2D eigenvalue weighted by molar-refractivity contribution is 0.295. The fourth-order valence-corrected chi connectivity index (χ4v) is 3.27. The lowest BCUT2D eigenvalue weighted by Crippen LogP contribution is -2.11. The molecule has 0 amide bonds.